The highest BCUT2D eigenvalue weighted by Gasteiger charge is 2.40. The number of sulfone groups is 1. The number of alkyl carbamates (subject to hydrolysis) is 1. The number of hydrogen-bond donors (Lipinski definition) is 1. The molecule has 2 aromatic carbocycles. The van der Waals surface area contributed by atoms with E-state index in [1.54, 1.807) is 25.1 Å². The molecule has 1 aliphatic heterocycles. The summed E-state index contributed by atoms with van der Waals surface area (Å²) in [4.78, 5) is 24.1. The van der Waals surface area contributed by atoms with Gasteiger partial charge in [0.05, 0.1) is 9.79 Å². The molecule has 2 aromatic rings. The topological polar surface area (TPSA) is 98.8 Å². The van der Waals surface area contributed by atoms with Crippen LogP contribution in [0.1, 0.15) is 12.5 Å². The fourth-order valence-corrected chi connectivity index (χ4v) is 4.06. The summed E-state index contributed by atoms with van der Waals surface area (Å²) in [6.07, 6.45) is 0.880. The van der Waals surface area contributed by atoms with Crippen LogP contribution in [0.2, 0.25) is 0 Å². The van der Waals surface area contributed by atoms with Crippen LogP contribution >= 0.6 is 0 Å². The van der Waals surface area contributed by atoms with Gasteiger partial charge in [0, 0.05) is 7.05 Å². The van der Waals surface area contributed by atoms with Crippen LogP contribution in [0.4, 0.5) is 4.79 Å². The summed E-state index contributed by atoms with van der Waals surface area (Å²) in [5.41, 5.74) is -0.970. The molecule has 1 aliphatic rings. The van der Waals surface area contributed by atoms with Gasteiger partial charge in [-0.05, 0) is 48.9 Å². The third-order valence-corrected chi connectivity index (χ3v) is 6.21. The Balaban J connectivity index is 1.89. The Morgan fingerprint density at radius 1 is 1.07 bits per heavy atom. The van der Waals surface area contributed by atoms with Crippen LogP contribution in [0.5, 0.6) is 0 Å². The number of rotatable bonds is 4. The van der Waals surface area contributed by atoms with Gasteiger partial charge in [0.25, 0.3) is 0 Å². The van der Waals surface area contributed by atoms with Crippen molar-refractivity contribution >= 4 is 21.7 Å². The van der Waals surface area contributed by atoms with Crippen LogP contribution in [-0.4, -0.2) is 33.6 Å². The third-order valence-electron chi connectivity index (χ3n) is 4.42. The first-order valence-electron chi connectivity index (χ1n) is 8.47. The molecule has 2 unspecified atom stereocenters. The van der Waals surface area contributed by atoms with Crippen molar-refractivity contribution in [3.05, 3.63) is 72.3 Å². The highest BCUT2D eigenvalue weighted by atomic mass is 32.2. The van der Waals surface area contributed by atoms with Crippen LogP contribution in [-0.2, 0) is 29.7 Å². The maximum Gasteiger partial charge on any atom is 0.409 e. The van der Waals surface area contributed by atoms with Gasteiger partial charge >= 0.3 is 6.09 Å². The van der Waals surface area contributed by atoms with Gasteiger partial charge in [-0.15, -0.1) is 0 Å². The van der Waals surface area contributed by atoms with Crippen molar-refractivity contribution in [2.24, 2.45) is 0 Å². The van der Waals surface area contributed by atoms with E-state index in [-0.39, 0.29) is 15.6 Å². The quantitative estimate of drug-likeness (QED) is 0.845. The van der Waals surface area contributed by atoms with Gasteiger partial charge in [0.2, 0.25) is 16.1 Å². The smallest absolute Gasteiger partial charge is 0.409 e. The van der Waals surface area contributed by atoms with E-state index in [9.17, 15) is 18.0 Å². The summed E-state index contributed by atoms with van der Waals surface area (Å²) in [6, 6.07) is 14.0. The Labute approximate surface area is 162 Å². The normalized spacial score (nSPS) is 21.9. The first-order chi connectivity index (χ1) is 13.3. The Morgan fingerprint density at radius 3 is 2.29 bits per heavy atom. The zero-order valence-electron chi connectivity index (χ0n) is 15.3. The standard InChI is InChI=1S/C20H19NO6S/c1-20(17(22)12-13-18(27-20)26-19(23)21-2)14-8-10-16(11-9-14)28(24,25)15-6-4-3-5-7-15/h3-13,18H,1-2H3,(H,21,23). The summed E-state index contributed by atoms with van der Waals surface area (Å²) in [7, 11) is -2.26. The summed E-state index contributed by atoms with van der Waals surface area (Å²) in [5.74, 6) is -0.345. The molecule has 0 fully saturated rings. The molecule has 8 heteroatoms. The van der Waals surface area contributed by atoms with Gasteiger partial charge in [-0.2, -0.15) is 0 Å². The van der Waals surface area contributed by atoms with Gasteiger partial charge in [0.1, 0.15) is 0 Å². The molecule has 28 heavy (non-hydrogen) atoms. The molecule has 0 bridgehead atoms. The minimum atomic E-state index is -3.67. The lowest BCUT2D eigenvalue weighted by Crippen LogP contribution is -2.43. The number of ketones is 1. The molecule has 0 aromatic heterocycles. The molecule has 2 atom stereocenters. The van der Waals surface area contributed by atoms with Crippen LogP contribution in [0.25, 0.3) is 0 Å². The van der Waals surface area contributed by atoms with Crippen LogP contribution in [0, 0.1) is 0 Å². The molecule has 146 valence electrons. The molecule has 1 N–H and O–H groups in total. The lowest BCUT2D eigenvalue weighted by molar-refractivity contribution is -0.177. The van der Waals surface area contributed by atoms with Gasteiger partial charge < -0.3 is 14.8 Å². The number of hydrogen-bond acceptors (Lipinski definition) is 6. The van der Waals surface area contributed by atoms with Crippen molar-refractivity contribution < 1.29 is 27.5 Å². The summed E-state index contributed by atoms with van der Waals surface area (Å²) in [6.45, 7) is 1.54. The van der Waals surface area contributed by atoms with E-state index in [4.69, 9.17) is 9.47 Å². The van der Waals surface area contributed by atoms with Crippen molar-refractivity contribution in [3.63, 3.8) is 0 Å². The first kappa shape index (κ1) is 19.8. The van der Waals surface area contributed by atoms with Gasteiger partial charge in [-0.25, -0.2) is 13.2 Å². The Hall–Kier alpha value is -2.97. The predicted octanol–water partition coefficient (Wildman–Crippen LogP) is 2.57. The molecular weight excluding hydrogens is 382 g/mol. The Kier molecular flexibility index (Phi) is 5.35. The van der Waals surface area contributed by atoms with E-state index in [1.165, 1.54) is 55.6 Å². The largest absolute Gasteiger partial charge is 0.416 e. The molecule has 7 nitrogen and oxygen atoms in total. The highest BCUT2D eigenvalue weighted by molar-refractivity contribution is 7.91. The number of carbonyl (C=O) groups excluding carboxylic acids is 2. The molecule has 0 saturated carbocycles. The van der Waals surface area contributed by atoms with Crippen molar-refractivity contribution in [1.82, 2.24) is 5.32 Å². The molecule has 0 radical (unpaired) electrons. The average Bonchev–Trinajstić information content (AvgIpc) is 2.71. The molecule has 0 spiro atoms. The lowest BCUT2D eigenvalue weighted by atomic mass is 9.89. The molecule has 1 heterocycles. The van der Waals surface area contributed by atoms with Crippen molar-refractivity contribution in [1.29, 1.82) is 0 Å². The van der Waals surface area contributed by atoms with E-state index in [0.717, 1.165) is 0 Å². The van der Waals surface area contributed by atoms with Gasteiger partial charge in [-0.3, -0.25) is 4.79 Å². The highest BCUT2D eigenvalue weighted by Crippen LogP contribution is 2.33. The Morgan fingerprint density at radius 2 is 1.68 bits per heavy atom. The fourth-order valence-electron chi connectivity index (χ4n) is 2.78. The van der Waals surface area contributed by atoms with Gasteiger partial charge in [-0.1, -0.05) is 30.3 Å². The number of amides is 1. The van der Waals surface area contributed by atoms with Gasteiger partial charge in [0.15, 0.2) is 11.4 Å². The van der Waals surface area contributed by atoms with Crippen molar-refractivity contribution in [2.45, 2.75) is 28.6 Å². The van der Waals surface area contributed by atoms with Crippen molar-refractivity contribution in [2.75, 3.05) is 7.05 Å². The maximum atomic E-state index is 12.7. The SMILES string of the molecule is CNC(=O)OC1C=CC(=O)C(C)(c2ccc(S(=O)(=O)c3ccccc3)cc2)O1. The average molecular weight is 401 g/mol. The summed E-state index contributed by atoms with van der Waals surface area (Å²) in [5, 5.41) is 2.30. The van der Waals surface area contributed by atoms with Crippen LogP contribution in [0.15, 0.2) is 76.5 Å². The van der Waals surface area contributed by atoms with Crippen molar-refractivity contribution in [3.8, 4) is 0 Å². The molecule has 1 amide bonds. The zero-order valence-corrected chi connectivity index (χ0v) is 16.1. The third kappa shape index (κ3) is 3.69. The fraction of sp³-hybridized carbons (Fsp3) is 0.200. The number of carbonyl (C=O) groups is 2. The maximum absolute atomic E-state index is 12.7. The van der Waals surface area contributed by atoms with E-state index in [0.29, 0.717) is 5.56 Å². The zero-order chi connectivity index (χ0) is 20.4. The van der Waals surface area contributed by atoms with E-state index < -0.39 is 27.8 Å². The summed E-state index contributed by atoms with van der Waals surface area (Å²) >= 11 is 0. The molecule has 3 rings (SSSR count). The minimum absolute atomic E-state index is 0.100. The number of nitrogens with one attached hydrogen (secondary N) is 1. The predicted molar refractivity (Wildman–Crippen MR) is 100 cm³/mol. The van der Waals surface area contributed by atoms with E-state index in [2.05, 4.69) is 5.32 Å². The Bertz CT molecular complexity index is 1010. The number of ether oxygens (including phenoxy) is 2. The van der Waals surface area contributed by atoms with E-state index >= 15 is 0 Å². The van der Waals surface area contributed by atoms with E-state index in [1.807, 2.05) is 0 Å². The molecular formula is C20H19NO6S. The summed E-state index contributed by atoms with van der Waals surface area (Å²) < 4.78 is 36.1. The lowest BCUT2D eigenvalue weighted by Gasteiger charge is -2.33. The first-order valence-corrected chi connectivity index (χ1v) is 9.95. The molecule has 0 aliphatic carbocycles. The minimum Gasteiger partial charge on any atom is -0.416 e. The van der Waals surface area contributed by atoms with Crippen LogP contribution in [0.3, 0.4) is 0 Å². The second-order valence-corrected chi connectivity index (χ2v) is 8.19. The molecule has 0 saturated heterocycles. The van der Waals surface area contributed by atoms with Crippen LogP contribution < -0.4 is 5.32 Å². The number of benzene rings is 2. The second-order valence-electron chi connectivity index (χ2n) is 6.24. The second kappa shape index (κ2) is 7.57. The monoisotopic (exact) mass is 401 g/mol.